The highest BCUT2D eigenvalue weighted by Gasteiger charge is 2.27. The Hall–Kier alpha value is -5.43. The van der Waals surface area contributed by atoms with Crippen molar-refractivity contribution in [1.29, 1.82) is 0 Å². The second kappa shape index (κ2) is 13.8. The molecule has 0 saturated heterocycles. The van der Waals surface area contributed by atoms with Gasteiger partial charge in [-0.1, -0.05) is 29.3 Å². The third kappa shape index (κ3) is 8.87. The molecule has 0 aliphatic rings. The molecule has 0 aliphatic heterocycles. The molecule has 0 unspecified atom stereocenters. The number of hydrogen-bond donors (Lipinski definition) is 0. The minimum atomic E-state index is -1.09. The topological polar surface area (TPSA) is 259 Å². The Morgan fingerprint density at radius 2 is 0.974 bits per heavy atom. The molecule has 0 saturated carbocycles. The zero-order chi connectivity index (χ0) is 30.0. The smallest absolute Gasteiger partial charge is 0.258 e. The van der Waals surface area contributed by atoms with Crippen LogP contribution in [0.1, 0.15) is 0 Å². The van der Waals surface area contributed by atoms with Gasteiger partial charge in [0.1, 0.15) is 10.0 Å². The fourth-order valence-corrected chi connectivity index (χ4v) is 2.77. The van der Waals surface area contributed by atoms with Crippen LogP contribution in [0.5, 0.6) is 0 Å². The molecule has 0 bridgehead atoms. The lowest BCUT2D eigenvalue weighted by Gasteiger charge is -1.95. The lowest BCUT2D eigenvalue weighted by molar-refractivity contribution is -0.422. The summed E-state index contributed by atoms with van der Waals surface area (Å²) in [5.74, 6) is -1.09. The summed E-state index contributed by atoms with van der Waals surface area (Å²) in [6.45, 7) is 0. The van der Waals surface area contributed by atoms with Gasteiger partial charge in [-0.25, -0.2) is 0 Å². The number of nitrogens with zero attached hydrogens (tertiary/aromatic N) is 6. The van der Waals surface area contributed by atoms with Gasteiger partial charge in [0.15, 0.2) is 0 Å². The van der Waals surface area contributed by atoms with Crippen molar-refractivity contribution >= 4 is 57.3 Å². The molecule has 0 atom stereocenters. The molecular weight excluding hydrogens is 582 g/mol. The molecule has 0 N–H and O–H groups in total. The number of nitro benzene ring substituents is 6. The van der Waals surface area contributed by atoms with Crippen molar-refractivity contribution in [2.75, 3.05) is 0 Å². The molecule has 0 heterocycles. The standard InChI is InChI=1S/2C6H3ClN2O4.C6H3FN2O4/c7-5-2-1-4(8(10)11)3-6(5)9(12)13;7-4-2-1-3-5(8(10)11)6(4)9(12)13;7-5-2-1-4(8(10)11)3-6(5)9(12)13/h3*1-3H. The van der Waals surface area contributed by atoms with Crippen molar-refractivity contribution in [2.45, 2.75) is 0 Å². The number of nitro groups is 6. The van der Waals surface area contributed by atoms with Gasteiger partial charge < -0.3 is 0 Å². The highest BCUT2D eigenvalue weighted by molar-refractivity contribution is 6.33. The van der Waals surface area contributed by atoms with Gasteiger partial charge in [0.05, 0.1) is 41.7 Å². The first-order valence-corrected chi connectivity index (χ1v) is 10.1. The van der Waals surface area contributed by atoms with Gasteiger partial charge in [-0.2, -0.15) is 4.39 Å². The van der Waals surface area contributed by atoms with E-state index in [0.29, 0.717) is 12.1 Å². The van der Waals surface area contributed by atoms with E-state index < -0.39 is 63.8 Å². The summed E-state index contributed by atoms with van der Waals surface area (Å²) >= 11 is 10.9. The first-order chi connectivity index (χ1) is 18.1. The zero-order valence-corrected chi connectivity index (χ0v) is 19.9. The summed E-state index contributed by atoms with van der Waals surface area (Å²) < 4.78 is 12.6. The van der Waals surface area contributed by atoms with Crippen molar-refractivity contribution in [1.82, 2.24) is 0 Å². The largest absolute Gasteiger partial charge is 0.364 e. The average molecular weight is 591 g/mol. The first kappa shape index (κ1) is 31.6. The molecule has 0 radical (unpaired) electrons. The Bertz CT molecular complexity index is 1420. The highest BCUT2D eigenvalue weighted by Crippen LogP contribution is 2.33. The lowest BCUT2D eigenvalue weighted by atomic mass is 10.3. The minimum absolute atomic E-state index is 0.115. The molecule has 0 amide bonds. The van der Waals surface area contributed by atoms with E-state index in [-0.39, 0.29) is 15.7 Å². The van der Waals surface area contributed by atoms with Gasteiger partial charge in [0.25, 0.3) is 17.1 Å². The summed E-state index contributed by atoms with van der Waals surface area (Å²) in [6.07, 6.45) is 0. The zero-order valence-electron chi connectivity index (χ0n) is 18.4. The molecule has 0 aromatic heterocycles. The molecule has 0 fully saturated rings. The van der Waals surface area contributed by atoms with Gasteiger partial charge in [-0.3, -0.25) is 60.7 Å². The Labute approximate surface area is 222 Å². The van der Waals surface area contributed by atoms with Crippen LogP contribution in [0, 0.1) is 66.5 Å². The van der Waals surface area contributed by atoms with Crippen LogP contribution in [-0.2, 0) is 0 Å². The van der Waals surface area contributed by atoms with E-state index in [2.05, 4.69) is 0 Å². The second-order valence-electron chi connectivity index (χ2n) is 6.42. The van der Waals surface area contributed by atoms with E-state index in [9.17, 15) is 65.1 Å². The predicted molar refractivity (Wildman–Crippen MR) is 129 cm³/mol. The van der Waals surface area contributed by atoms with Gasteiger partial charge in [-0.15, -0.1) is 0 Å². The molecule has 0 aliphatic carbocycles. The number of rotatable bonds is 6. The number of halogens is 3. The van der Waals surface area contributed by atoms with E-state index in [1.165, 1.54) is 12.1 Å². The molecular formula is C18H9Cl2FN6O12. The van der Waals surface area contributed by atoms with Crippen LogP contribution in [-0.4, -0.2) is 29.5 Å². The first-order valence-electron chi connectivity index (χ1n) is 9.32. The Balaban J connectivity index is 0.000000292. The third-order valence-corrected chi connectivity index (χ3v) is 4.64. The fraction of sp³-hybridized carbons (Fsp3) is 0. The summed E-state index contributed by atoms with van der Waals surface area (Å²) in [5, 5.41) is 61.1. The van der Waals surface area contributed by atoms with E-state index in [0.717, 1.165) is 30.3 Å². The van der Waals surface area contributed by atoms with Crippen LogP contribution < -0.4 is 0 Å². The van der Waals surface area contributed by atoms with Crippen molar-refractivity contribution in [3.8, 4) is 0 Å². The van der Waals surface area contributed by atoms with E-state index >= 15 is 0 Å². The van der Waals surface area contributed by atoms with Gasteiger partial charge in [-0.05, 0) is 18.2 Å². The Kier molecular flexibility index (Phi) is 11.1. The van der Waals surface area contributed by atoms with Crippen LogP contribution in [0.3, 0.4) is 0 Å². The average Bonchev–Trinajstić information content (AvgIpc) is 2.84. The molecule has 0 spiro atoms. The van der Waals surface area contributed by atoms with Crippen molar-refractivity contribution in [2.24, 2.45) is 0 Å². The Morgan fingerprint density at radius 1 is 0.513 bits per heavy atom. The van der Waals surface area contributed by atoms with Crippen LogP contribution >= 0.6 is 23.2 Å². The van der Waals surface area contributed by atoms with E-state index in [1.54, 1.807) is 0 Å². The highest BCUT2D eigenvalue weighted by atomic mass is 35.5. The summed E-state index contributed by atoms with van der Waals surface area (Å²) in [5.41, 5.74) is -3.49. The summed E-state index contributed by atoms with van der Waals surface area (Å²) in [7, 11) is 0. The van der Waals surface area contributed by atoms with Crippen LogP contribution in [0.2, 0.25) is 10.0 Å². The van der Waals surface area contributed by atoms with E-state index in [1.807, 2.05) is 0 Å². The lowest BCUT2D eigenvalue weighted by Crippen LogP contribution is -1.96. The second-order valence-corrected chi connectivity index (χ2v) is 7.24. The number of non-ortho nitro benzene ring substituents is 2. The van der Waals surface area contributed by atoms with Crippen molar-refractivity contribution in [3.05, 3.63) is 131 Å². The van der Waals surface area contributed by atoms with Gasteiger partial charge in [0.2, 0.25) is 5.82 Å². The maximum atomic E-state index is 12.6. The van der Waals surface area contributed by atoms with Crippen LogP contribution in [0.25, 0.3) is 0 Å². The van der Waals surface area contributed by atoms with Crippen molar-refractivity contribution in [3.63, 3.8) is 0 Å². The van der Waals surface area contributed by atoms with Gasteiger partial charge in [0, 0.05) is 18.2 Å². The SMILES string of the molecule is O=[N+]([O-])c1ccc(Cl)c([N+](=O)[O-])c1.O=[N+]([O-])c1ccc(F)c([N+](=O)[O-])c1.O=[N+]([O-])c1cccc(Cl)c1[N+](=O)[O-]. The van der Waals surface area contributed by atoms with Crippen molar-refractivity contribution < 1.29 is 33.9 Å². The summed E-state index contributed by atoms with van der Waals surface area (Å²) in [6, 6.07) is 8.73. The number of benzene rings is 3. The summed E-state index contributed by atoms with van der Waals surface area (Å²) in [4.78, 5) is 56.4. The van der Waals surface area contributed by atoms with Crippen LogP contribution in [0.4, 0.5) is 38.5 Å². The maximum absolute atomic E-state index is 12.6. The monoisotopic (exact) mass is 590 g/mol. The molecule has 39 heavy (non-hydrogen) atoms. The number of para-hydroxylation sites is 1. The molecule has 3 rings (SSSR count). The Morgan fingerprint density at radius 3 is 1.38 bits per heavy atom. The normalized spacial score (nSPS) is 9.62. The number of hydrogen-bond acceptors (Lipinski definition) is 12. The third-order valence-electron chi connectivity index (χ3n) is 4.02. The van der Waals surface area contributed by atoms with Gasteiger partial charge >= 0.3 is 17.1 Å². The van der Waals surface area contributed by atoms with Crippen LogP contribution in [0.15, 0.2) is 54.6 Å². The minimum Gasteiger partial charge on any atom is -0.258 e. The maximum Gasteiger partial charge on any atom is 0.364 e. The fourth-order valence-electron chi connectivity index (χ4n) is 2.34. The molecule has 3 aromatic carbocycles. The predicted octanol–water partition coefficient (Wildman–Crippen LogP) is 5.95. The molecule has 3 aromatic rings. The molecule has 18 nitrogen and oxygen atoms in total. The molecule has 204 valence electrons. The molecule has 21 heteroatoms. The van der Waals surface area contributed by atoms with E-state index in [4.69, 9.17) is 23.2 Å². The quantitative estimate of drug-likeness (QED) is 0.238.